The Labute approximate surface area is 179 Å². The number of esters is 1. The second-order valence-electron chi connectivity index (χ2n) is 6.14. The highest BCUT2D eigenvalue weighted by molar-refractivity contribution is 9.10. The monoisotopic (exact) mass is 475 g/mol. The van der Waals surface area contributed by atoms with Gasteiger partial charge in [0, 0.05) is 20.6 Å². The van der Waals surface area contributed by atoms with Gasteiger partial charge in [-0.15, -0.1) is 11.3 Å². The van der Waals surface area contributed by atoms with Gasteiger partial charge in [-0.05, 0) is 35.9 Å². The summed E-state index contributed by atoms with van der Waals surface area (Å²) in [7, 11) is 1.39. The van der Waals surface area contributed by atoms with Crippen LogP contribution in [0.2, 0.25) is 5.02 Å². The third kappa shape index (κ3) is 3.72. The van der Waals surface area contributed by atoms with Gasteiger partial charge in [0.25, 0.3) is 0 Å². The number of methoxy groups -OCH3 is 1. The minimum Gasteiger partial charge on any atom is -0.473 e. The van der Waals surface area contributed by atoms with Crippen LogP contribution in [0, 0.1) is 0 Å². The number of rotatable bonds is 3. The van der Waals surface area contributed by atoms with Gasteiger partial charge < -0.3 is 9.47 Å². The van der Waals surface area contributed by atoms with Crippen molar-refractivity contribution in [3.8, 4) is 16.5 Å². The fourth-order valence-corrected chi connectivity index (χ4v) is 4.65. The van der Waals surface area contributed by atoms with Crippen molar-refractivity contribution in [1.29, 1.82) is 0 Å². The van der Waals surface area contributed by atoms with Crippen molar-refractivity contribution in [2.75, 3.05) is 13.7 Å². The molecule has 142 valence electrons. The van der Waals surface area contributed by atoms with Crippen LogP contribution in [-0.4, -0.2) is 24.7 Å². The lowest BCUT2D eigenvalue weighted by molar-refractivity contribution is -0.136. The van der Waals surface area contributed by atoms with E-state index in [0.717, 1.165) is 25.5 Å². The number of thiazole rings is 1. The van der Waals surface area contributed by atoms with E-state index in [4.69, 9.17) is 21.1 Å². The van der Waals surface area contributed by atoms with Crippen molar-refractivity contribution in [3.63, 3.8) is 0 Å². The first-order valence-corrected chi connectivity index (χ1v) is 10.5. The van der Waals surface area contributed by atoms with Crippen LogP contribution < -0.4 is 4.74 Å². The van der Waals surface area contributed by atoms with Gasteiger partial charge in [0.1, 0.15) is 11.6 Å². The van der Waals surface area contributed by atoms with E-state index in [2.05, 4.69) is 20.9 Å². The molecule has 0 spiro atoms. The third-order valence-electron chi connectivity index (χ3n) is 4.43. The summed E-state index contributed by atoms with van der Waals surface area (Å²) in [6.07, 6.45) is 1.77. The first-order valence-electron chi connectivity index (χ1n) is 8.50. The SMILES string of the molecule is COC(=O)C1=CCOc2nc(-c3ccc(Cl)cc3)sc2C1c1ccc(Br)cc1. The summed E-state index contributed by atoms with van der Waals surface area (Å²) in [4.78, 5) is 18.1. The van der Waals surface area contributed by atoms with E-state index in [0.29, 0.717) is 16.5 Å². The molecule has 0 saturated heterocycles. The molecule has 0 bridgehead atoms. The number of carbonyl (C=O) groups is 1. The second kappa shape index (κ2) is 8.07. The topological polar surface area (TPSA) is 48.4 Å². The molecule has 1 aromatic heterocycles. The Morgan fingerprint density at radius 3 is 2.61 bits per heavy atom. The molecule has 0 N–H and O–H groups in total. The first kappa shape index (κ1) is 19.2. The summed E-state index contributed by atoms with van der Waals surface area (Å²) in [5.41, 5.74) is 2.47. The summed E-state index contributed by atoms with van der Waals surface area (Å²) in [6, 6.07) is 15.4. The van der Waals surface area contributed by atoms with Crippen LogP contribution in [0.3, 0.4) is 0 Å². The van der Waals surface area contributed by atoms with Crippen LogP contribution in [0.5, 0.6) is 5.88 Å². The van der Waals surface area contributed by atoms with E-state index in [1.54, 1.807) is 6.08 Å². The highest BCUT2D eigenvalue weighted by Gasteiger charge is 2.33. The van der Waals surface area contributed by atoms with Crippen LogP contribution >= 0.6 is 38.9 Å². The zero-order valence-electron chi connectivity index (χ0n) is 14.8. The number of carbonyl (C=O) groups excluding carboxylic acids is 1. The normalized spacial score (nSPS) is 15.8. The average molecular weight is 477 g/mol. The number of hydrogen-bond donors (Lipinski definition) is 0. The number of fused-ring (bicyclic) bond motifs is 1. The van der Waals surface area contributed by atoms with Crippen molar-refractivity contribution in [3.05, 3.63) is 80.1 Å². The van der Waals surface area contributed by atoms with Gasteiger partial charge in [-0.1, -0.05) is 51.8 Å². The maximum absolute atomic E-state index is 12.5. The Bertz CT molecular complexity index is 1040. The van der Waals surface area contributed by atoms with E-state index in [1.165, 1.54) is 18.4 Å². The van der Waals surface area contributed by atoms with E-state index < -0.39 is 0 Å². The quantitative estimate of drug-likeness (QED) is 0.445. The zero-order valence-corrected chi connectivity index (χ0v) is 18.0. The van der Waals surface area contributed by atoms with E-state index in [9.17, 15) is 4.79 Å². The average Bonchev–Trinajstić information content (AvgIpc) is 3.04. The Morgan fingerprint density at radius 2 is 1.93 bits per heavy atom. The molecule has 4 nitrogen and oxygen atoms in total. The molecule has 1 unspecified atom stereocenters. The standard InChI is InChI=1S/C21H15BrClNO3S/c1-26-21(25)16-10-11-27-19-18(17(16)12-2-6-14(22)7-3-12)28-20(24-19)13-4-8-15(23)9-5-13/h2-10,17H,11H2,1H3. The predicted molar refractivity (Wildman–Crippen MR) is 114 cm³/mol. The second-order valence-corrected chi connectivity index (χ2v) is 8.52. The van der Waals surface area contributed by atoms with E-state index in [1.807, 2.05) is 48.5 Å². The highest BCUT2D eigenvalue weighted by Crippen LogP contribution is 2.45. The number of halogens is 2. The van der Waals surface area contributed by atoms with Gasteiger partial charge in [0.2, 0.25) is 5.88 Å². The van der Waals surface area contributed by atoms with Crippen LogP contribution in [0.15, 0.2) is 64.7 Å². The Kier molecular flexibility index (Phi) is 5.53. The summed E-state index contributed by atoms with van der Waals surface area (Å²) in [5, 5.41) is 1.48. The highest BCUT2D eigenvalue weighted by atomic mass is 79.9. The molecule has 3 aromatic rings. The Balaban J connectivity index is 1.85. The molecule has 2 aromatic carbocycles. The fraction of sp³-hybridized carbons (Fsp3) is 0.143. The zero-order chi connectivity index (χ0) is 19.7. The molecule has 4 rings (SSSR count). The molecule has 28 heavy (non-hydrogen) atoms. The van der Waals surface area contributed by atoms with Gasteiger partial charge >= 0.3 is 5.97 Å². The molecule has 1 atom stereocenters. The summed E-state index contributed by atoms with van der Waals surface area (Å²) in [5.74, 6) is -0.138. The predicted octanol–water partition coefficient (Wildman–Crippen LogP) is 5.85. The van der Waals surface area contributed by atoms with Crippen molar-refractivity contribution >= 4 is 44.8 Å². The lowest BCUT2D eigenvalue weighted by Gasteiger charge is -2.17. The molecule has 0 saturated carbocycles. The number of nitrogens with zero attached hydrogens (tertiary/aromatic N) is 1. The number of aromatic nitrogens is 1. The maximum Gasteiger partial charge on any atom is 0.334 e. The van der Waals surface area contributed by atoms with Crippen LogP contribution in [0.1, 0.15) is 16.4 Å². The Hall–Kier alpha value is -2.15. The molecule has 2 heterocycles. The smallest absolute Gasteiger partial charge is 0.334 e. The van der Waals surface area contributed by atoms with Gasteiger partial charge in [-0.2, -0.15) is 0 Å². The fourth-order valence-electron chi connectivity index (χ4n) is 3.09. The molecule has 1 aliphatic heterocycles. The molecular formula is C21H15BrClNO3S. The first-order chi connectivity index (χ1) is 13.6. The maximum atomic E-state index is 12.5. The van der Waals surface area contributed by atoms with Crippen LogP contribution in [0.4, 0.5) is 0 Å². The van der Waals surface area contributed by atoms with Gasteiger partial charge in [0.05, 0.1) is 17.9 Å². The van der Waals surface area contributed by atoms with Crippen LogP contribution in [-0.2, 0) is 9.53 Å². The number of ether oxygens (including phenoxy) is 2. The largest absolute Gasteiger partial charge is 0.473 e. The van der Waals surface area contributed by atoms with E-state index in [-0.39, 0.29) is 18.5 Å². The molecule has 0 aliphatic carbocycles. The molecule has 0 radical (unpaired) electrons. The minimum absolute atomic E-state index is 0.258. The lowest BCUT2D eigenvalue weighted by atomic mass is 9.89. The van der Waals surface area contributed by atoms with Crippen molar-refractivity contribution in [1.82, 2.24) is 4.98 Å². The van der Waals surface area contributed by atoms with Crippen molar-refractivity contribution in [2.24, 2.45) is 0 Å². The summed E-state index contributed by atoms with van der Waals surface area (Å²) < 4.78 is 11.9. The third-order valence-corrected chi connectivity index (χ3v) is 6.36. The lowest BCUT2D eigenvalue weighted by Crippen LogP contribution is -2.13. The molecule has 0 amide bonds. The Morgan fingerprint density at radius 1 is 1.21 bits per heavy atom. The van der Waals surface area contributed by atoms with E-state index >= 15 is 0 Å². The van der Waals surface area contributed by atoms with Crippen molar-refractivity contribution < 1.29 is 14.3 Å². The van der Waals surface area contributed by atoms with Gasteiger partial charge in [-0.3, -0.25) is 0 Å². The minimum atomic E-state index is -0.370. The van der Waals surface area contributed by atoms with Gasteiger partial charge in [-0.25, -0.2) is 9.78 Å². The molecular weight excluding hydrogens is 462 g/mol. The molecule has 0 fully saturated rings. The van der Waals surface area contributed by atoms with Crippen LogP contribution in [0.25, 0.3) is 10.6 Å². The number of hydrogen-bond acceptors (Lipinski definition) is 5. The summed E-state index contributed by atoms with van der Waals surface area (Å²) >= 11 is 11.0. The molecule has 7 heteroatoms. The van der Waals surface area contributed by atoms with Crippen molar-refractivity contribution in [2.45, 2.75) is 5.92 Å². The molecule has 1 aliphatic rings. The summed E-state index contributed by atoms with van der Waals surface area (Å²) in [6.45, 7) is 0.258. The number of benzene rings is 2. The van der Waals surface area contributed by atoms with Gasteiger partial charge in [0.15, 0.2) is 0 Å².